The van der Waals surface area contributed by atoms with Crippen molar-refractivity contribution in [1.82, 2.24) is 5.32 Å². The second kappa shape index (κ2) is 7.99. The van der Waals surface area contributed by atoms with Crippen LogP contribution in [0.25, 0.3) is 0 Å². The van der Waals surface area contributed by atoms with E-state index in [0.717, 1.165) is 43.0 Å². The number of hydrogen-bond donors (Lipinski definition) is 2. The molecule has 2 aromatic rings. The van der Waals surface area contributed by atoms with Gasteiger partial charge in [0.05, 0.1) is 14.2 Å². The first kappa shape index (κ1) is 17.9. The summed E-state index contributed by atoms with van der Waals surface area (Å²) in [5, 5.41) is 2.64. The Hall–Kier alpha value is -2.89. The molecule has 1 heterocycles. The Morgan fingerprint density at radius 1 is 1.23 bits per heavy atom. The van der Waals surface area contributed by atoms with Crippen molar-refractivity contribution in [3.63, 3.8) is 0 Å². The molecule has 0 unspecified atom stereocenters. The Labute approximate surface area is 153 Å². The molecule has 138 valence electrons. The third-order valence-electron chi connectivity index (χ3n) is 4.66. The van der Waals surface area contributed by atoms with Crippen molar-refractivity contribution in [2.24, 2.45) is 5.73 Å². The average Bonchev–Trinajstić information content (AvgIpc) is 2.66. The Morgan fingerprint density at radius 3 is 2.81 bits per heavy atom. The molecule has 2 aromatic carbocycles. The fourth-order valence-electron chi connectivity index (χ4n) is 3.41. The number of anilines is 1. The highest BCUT2D eigenvalue weighted by Gasteiger charge is 2.20. The molecule has 0 aromatic heterocycles. The SMILES string of the molecule is COc1cccc(CN2CCCc3cc(CNC(N)=O)c(OC)cc32)c1. The van der Waals surface area contributed by atoms with E-state index in [1.54, 1.807) is 14.2 Å². The van der Waals surface area contributed by atoms with Crippen molar-refractivity contribution in [3.8, 4) is 11.5 Å². The highest BCUT2D eigenvalue weighted by atomic mass is 16.5. The number of nitrogens with zero attached hydrogens (tertiary/aromatic N) is 1. The first-order valence-corrected chi connectivity index (χ1v) is 8.71. The van der Waals surface area contributed by atoms with Crippen LogP contribution in [0.2, 0.25) is 0 Å². The van der Waals surface area contributed by atoms with Gasteiger partial charge in [-0.15, -0.1) is 0 Å². The maximum atomic E-state index is 11.0. The summed E-state index contributed by atoms with van der Waals surface area (Å²) in [5.41, 5.74) is 9.78. The van der Waals surface area contributed by atoms with Crippen molar-refractivity contribution in [3.05, 3.63) is 53.1 Å². The van der Waals surface area contributed by atoms with Crippen molar-refractivity contribution in [2.45, 2.75) is 25.9 Å². The summed E-state index contributed by atoms with van der Waals surface area (Å²) in [7, 11) is 3.33. The number of aryl methyl sites for hydroxylation is 1. The standard InChI is InChI=1S/C20H25N3O3/c1-25-17-7-3-5-14(9-17)13-23-8-4-6-15-10-16(12-22-20(21)24)19(26-2)11-18(15)23/h3,5,7,9-11H,4,6,8,12-13H2,1-2H3,(H3,21,22,24). The van der Waals surface area contributed by atoms with Gasteiger partial charge in [-0.3, -0.25) is 0 Å². The zero-order chi connectivity index (χ0) is 18.5. The number of primary amides is 1. The second-order valence-electron chi connectivity index (χ2n) is 6.39. The van der Waals surface area contributed by atoms with Gasteiger partial charge in [-0.05, 0) is 42.2 Å². The lowest BCUT2D eigenvalue weighted by molar-refractivity contribution is 0.248. The molecule has 2 amide bonds. The summed E-state index contributed by atoms with van der Waals surface area (Å²) in [5.74, 6) is 1.63. The van der Waals surface area contributed by atoms with Gasteiger partial charge in [-0.1, -0.05) is 12.1 Å². The smallest absolute Gasteiger partial charge is 0.312 e. The maximum Gasteiger partial charge on any atom is 0.312 e. The Bertz CT molecular complexity index is 792. The van der Waals surface area contributed by atoms with Gasteiger partial charge in [0.2, 0.25) is 0 Å². The summed E-state index contributed by atoms with van der Waals surface area (Å²) in [6.45, 7) is 2.17. The first-order valence-electron chi connectivity index (χ1n) is 8.71. The van der Waals surface area contributed by atoms with Crippen molar-refractivity contribution in [2.75, 3.05) is 25.7 Å². The van der Waals surface area contributed by atoms with Crippen LogP contribution in [0.15, 0.2) is 36.4 Å². The molecule has 0 saturated carbocycles. The predicted octanol–water partition coefficient (Wildman–Crippen LogP) is 2.82. The van der Waals surface area contributed by atoms with Crippen LogP contribution in [0.3, 0.4) is 0 Å². The molecule has 1 aliphatic rings. The molecule has 0 radical (unpaired) electrons. The van der Waals surface area contributed by atoms with Crippen LogP contribution in [0.5, 0.6) is 11.5 Å². The normalized spacial score (nSPS) is 13.1. The van der Waals surface area contributed by atoms with E-state index in [-0.39, 0.29) is 0 Å². The molecule has 0 fully saturated rings. The zero-order valence-electron chi connectivity index (χ0n) is 15.2. The van der Waals surface area contributed by atoms with Crippen LogP contribution in [0.1, 0.15) is 23.1 Å². The van der Waals surface area contributed by atoms with Gasteiger partial charge in [0.15, 0.2) is 0 Å². The molecular weight excluding hydrogens is 330 g/mol. The minimum absolute atomic E-state index is 0.363. The van der Waals surface area contributed by atoms with E-state index < -0.39 is 6.03 Å². The number of amides is 2. The minimum atomic E-state index is -0.538. The van der Waals surface area contributed by atoms with E-state index in [1.807, 2.05) is 12.1 Å². The van der Waals surface area contributed by atoms with Crippen LogP contribution in [-0.2, 0) is 19.5 Å². The third kappa shape index (κ3) is 4.02. The molecule has 0 bridgehead atoms. The molecule has 3 rings (SSSR count). The van der Waals surface area contributed by atoms with Gasteiger partial charge in [-0.25, -0.2) is 4.79 Å². The number of nitrogens with two attached hydrogens (primary N) is 1. The van der Waals surface area contributed by atoms with Crippen LogP contribution >= 0.6 is 0 Å². The summed E-state index contributed by atoms with van der Waals surface area (Å²) >= 11 is 0. The minimum Gasteiger partial charge on any atom is -0.497 e. The van der Waals surface area contributed by atoms with Gasteiger partial charge < -0.3 is 25.4 Å². The van der Waals surface area contributed by atoms with Crippen LogP contribution in [0, 0.1) is 0 Å². The largest absolute Gasteiger partial charge is 0.497 e. The fraction of sp³-hybridized carbons (Fsp3) is 0.350. The molecule has 6 nitrogen and oxygen atoms in total. The molecule has 0 aliphatic carbocycles. The molecule has 0 atom stereocenters. The van der Waals surface area contributed by atoms with Gasteiger partial charge in [-0.2, -0.15) is 0 Å². The Kier molecular flexibility index (Phi) is 5.51. The lowest BCUT2D eigenvalue weighted by Crippen LogP contribution is -2.30. The Morgan fingerprint density at radius 2 is 2.08 bits per heavy atom. The molecule has 1 aliphatic heterocycles. The molecule has 3 N–H and O–H groups in total. The molecule has 0 saturated heterocycles. The van der Waals surface area contributed by atoms with E-state index in [1.165, 1.54) is 16.8 Å². The molecule has 0 spiro atoms. The van der Waals surface area contributed by atoms with Gasteiger partial charge >= 0.3 is 6.03 Å². The predicted molar refractivity (Wildman–Crippen MR) is 102 cm³/mol. The van der Waals surface area contributed by atoms with E-state index in [2.05, 4.69) is 34.5 Å². The lowest BCUT2D eigenvalue weighted by Gasteiger charge is -2.32. The summed E-state index contributed by atoms with van der Waals surface area (Å²) in [6, 6.07) is 11.8. The van der Waals surface area contributed by atoms with Crippen LogP contribution in [0.4, 0.5) is 10.5 Å². The monoisotopic (exact) mass is 355 g/mol. The number of fused-ring (bicyclic) bond motifs is 1. The number of nitrogens with one attached hydrogen (secondary N) is 1. The van der Waals surface area contributed by atoms with Crippen LogP contribution in [-0.4, -0.2) is 26.8 Å². The average molecular weight is 355 g/mol. The van der Waals surface area contributed by atoms with Crippen molar-refractivity contribution in [1.29, 1.82) is 0 Å². The first-order chi connectivity index (χ1) is 12.6. The molecule has 6 heteroatoms. The van der Waals surface area contributed by atoms with E-state index in [4.69, 9.17) is 15.2 Å². The van der Waals surface area contributed by atoms with Crippen LogP contribution < -0.4 is 25.4 Å². The molecule has 26 heavy (non-hydrogen) atoms. The number of urea groups is 1. The highest BCUT2D eigenvalue weighted by molar-refractivity contribution is 5.72. The number of ether oxygens (including phenoxy) is 2. The van der Waals surface area contributed by atoms with Gasteiger partial charge in [0.25, 0.3) is 0 Å². The van der Waals surface area contributed by atoms with Crippen molar-refractivity contribution >= 4 is 11.7 Å². The zero-order valence-corrected chi connectivity index (χ0v) is 15.2. The second-order valence-corrected chi connectivity index (χ2v) is 6.39. The molecular formula is C20H25N3O3. The Balaban J connectivity index is 1.87. The number of carbonyl (C=O) groups excluding carboxylic acids is 1. The lowest BCUT2D eigenvalue weighted by atomic mass is 9.97. The number of carbonyl (C=O) groups is 1. The number of methoxy groups -OCH3 is 2. The summed E-state index contributed by atoms with van der Waals surface area (Å²) in [6.07, 6.45) is 2.10. The topological polar surface area (TPSA) is 76.8 Å². The van der Waals surface area contributed by atoms with Gasteiger partial charge in [0, 0.05) is 37.0 Å². The number of benzene rings is 2. The number of hydrogen-bond acceptors (Lipinski definition) is 4. The highest BCUT2D eigenvalue weighted by Crippen LogP contribution is 2.35. The quantitative estimate of drug-likeness (QED) is 0.835. The summed E-state index contributed by atoms with van der Waals surface area (Å²) in [4.78, 5) is 13.4. The van der Waals surface area contributed by atoms with E-state index in [9.17, 15) is 4.79 Å². The van der Waals surface area contributed by atoms with Gasteiger partial charge in [0.1, 0.15) is 11.5 Å². The fourth-order valence-corrected chi connectivity index (χ4v) is 3.41. The van der Waals surface area contributed by atoms with E-state index in [0.29, 0.717) is 6.54 Å². The third-order valence-corrected chi connectivity index (χ3v) is 4.66. The maximum absolute atomic E-state index is 11.0. The summed E-state index contributed by atoms with van der Waals surface area (Å²) < 4.78 is 10.9. The van der Waals surface area contributed by atoms with E-state index >= 15 is 0 Å². The van der Waals surface area contributed by atoms with Crippen molar-refractivity contribution < 1.29 is 14.3 Å². The number of rotatable bonds is 6.